The van der Waals surface area contributed by atoms with E-state index >= 15 is 0 Å². The number of carbonyl (C=O) groups excluding carboxylic acids is 1. The molecule has 1 unspecified atom stereocenters. The van der Waals surface area contributed by atoms with E-state index in [9.17, 15) is 4.79 Å². The van der Waals surface area contributed by atoms with E-state index < -0.39 is 18.3 Å². The Labute approximate surface area is 63.8 Å². The molecule has 0 aliphatic heterocycles. The van der Waals surface area contributed by atoms with Gasteiger partial charge in [-0.15, -0.1) is 0 Å². The SMILES string of the molecule is O=CC1=C[C@@H](O)[C@@H](O)C(O)C1. The highest BCUT2D eigenvalue weighted by atomic mass is 16.4. The Morgan fingerprint density at radius 2 is 2.09 bits per heavy atom. The number of aliphatic hydroxyl groups excluding tert-OH is 3. The smallest absolute Gasteiger partial charge is 0.145 e. The number of carbonyl (C=O) groups is 1. The molecule has 0 saturated carbocycles. The summed E-state index contributed by atoms with van der Waals surface area (Å²) in [6, 6.07) is 0. The summed E-state index contributed by atoms with van der Waals surface area (Å²) in [7, 11) is 0. The second-order valence-corrected chi connectivity index (χ2v) is 2.61. The van der Waals surface area contributed by atoms with Crippen LogP contribution in [0.1, 0.15) is 6.42 Å². The summed E-state index contributed by atoms with van der Waals surface area (Å²) in [4.78, 5) is 10.2. The molecule has 0 heterocycles. The Kier molecular flexibility index (Phi) is 2.38. The molecular weight excluding hydrogens is 148 g/mol. The lowest BCUT2D eigenvalue weighted by atomic mass is 9.93. The molecular formula is C7H10O4. The van der Waals surface area contributed by atoms with Gasteiger partial charge in [-0.3, -0.25) is 4.79 Å². The first kappa shape index (κ1) is 8.39. The lowest BCUT2D eigenvalue weighted by Crippen LogP contribution is -2.39. The first-order valence-corrected chi connectivity index (χ1v) is 3.35. The molecule has 0 radical (unpaired) electrons. The molecule has 0 aromatic carbocycles. The number of hydrogen-bond donors (Lipinski definition) is 3. The van der Waals surface area contributed by atoms with E-state index in [4.69, 9.17) is 15.3 Å². The summed E-state index contributed by atoms with van der Waals surface area (Å²) in [5, 5.41) is 27.0. The van der Waals surface area contributed by atoms with E-state index in [-0.39, 0.29) is 6.42 Å². The van der Waals surface area contributed by atoms with Crippen LogP contribution >= 0.6 is 0 Å². The first-order valence-electron chi connectivity index (χ1n) is 3.35. The maximum Gasteiger partial charge on any atom is 0.145 e. The van der Waals surface area contributed by atoms with Crippen molar-refractivity contribution in [1.29, 1.82) is 0 Å². The lowest BCUT2D eigenvalue weighted by Gasteiger charge is -2.25. The van der Waals surface area contributed by atoms with Crippen molar-refractivity contribution >= 4 is 6.29 Å². The van der Waals surface area contributed by atoms with Crippen LogP contribution in [0.4, 0.5) is 0 Å². The normalized spacial score (nSPS) is 38.1. The Bertz CT molecular complexity index is 187. The van der Waals surface area contributed by atoms with Gasteiger partial charge in [0.2, 0.25) is 0 Å². The van der Waals surface area contributed by atoms with E-state index in [1.165, 1.54) is 6.08 Å². The molecule has 0 bridgehead atoms. The van der Waals surface area contributed by atoms with Crippen LogP contribution in [-0.4, -0.2) is 39.9 Å². The third-order valence-electron chi connectivity index (χ3n) is 1.73. The van der Waals surface area contributed by atoms with E-state index in [0.717, 1.165) is 0 Å². The van der Waals surface area contributed by atoms with Gasteiger partial charge in [-0.25, -0.2) is 0 Å². The van der Waals surface area contributed by atoms with Gasteiger partial charge in [0.15, 0.2) is 0 Å². The molecule has 0 amide bonds. The van der Waals surface area contributed by atoms with Crippen LogP contribution < -0.4 is 0 Å². The van der Waals surface area contributed by atoms with Crippen molar-refractivity contribution in [2.45, 2.75) is 24.7 Å². The highest BCUT2D eigenvalue weighted by Crippen LogP contribution is 2.17. The highest BCUT2D eigenvalue weighted by Gasteiger charge is 2.28. The average Bonchev–Trinajstić information content (AvgIpc) is 1.99. The van der Waals surface area contributed by atoms with Crippen molar-refractivity contribution in [2.24, 2.45) is 0 Å². The van der Waals surface area contributed by atoms with Gasteiger partial charge in [0.05, 0.1) is 6.10 Å². The van der Waals surface area contributed by atoms with Gasteiger partial charge in [-0.1, -0.05) is 0 Å². The Balaban J connectivity index is 2.75. The molecule has 3 N–H and O–H groups in total. The van der Waals surface area contributed by atoms with Crippen molar-refractivity contribution in [3.63, 3.8) is 0 Å². The van der Waals surface area contributed by atoms with Crippen LogP contribution in [-0.2, 0) is 4.79 Å². The second kappa shape index (κ2) is 3.13. The molecule has 0 saturated heterocycles. The van der Waals surface area contributed by atoms with E-state index in [2.05, 4.69) is 0 Å². The standard InChI is InChI=1S/C7H10O4/c8-3-4-1-5(9)7(11)6(10)2-4/h1,3,5-7,9-11H,2H2/t5-,6?,7-/m1/s1. The van der Waals surface area contributed by atoms with Gasteiger partial charge in [0, 0.05) is 6.42 Å². The lowest BCUT2D eigenvalue weighted by molar-refractivity contribution is -0.106. The molecule has 62 valence electrons. The molecule has 0 aromatic heterocycles. The van der Waals surface area contributed by atoms with Crippen molar-refractivity contribution in [2.75, 3.05) is 0 Å². The van der Waals surface area contributed by atoms with Gasteiger partial charge in [-0.05, 0) is 11.6 Å². The maximum atomic E-state index is 10.2. The van der Waals surface area contributed by atoms with Crippen LogP contribution in [0.2, 0.25) is 0 Å². The quantitative estimate of drug-likeness (QED) is 0.410. The summed E-state index contributed by atoms with van der Waals surface area (Å²) in [6.07, 6.45) is -1.39. The van der Waals surface area contributed by atoms with Gasteiger partial charge >= 0.3 is 0 Å². The molecule has 1 rings (SSSR count). The zero-order valence-corrected chi connectivity index (χ0v) is 5.84. The minimum atomic E-state index is -1.17. The fourth-order valence-corrected chi connectivity index (χ4v) is 1.06. The molecule has 11 heavy (non-hydrogen) atoms. The molecule has 0 spiro atoms. The topological polar surface area (TPSA) is 77.8 Å². The molecule has 0 fully saturated rings. The van der Waals surface area contributed by atoms with Crippen LogP contribution in [0.15, 0.2) is 11.6 Å². The summed E-state index contributed by atoms with van der Waals surface area (Å²) >= 11 is 0. The molecule has 4 heteroatoms. The number of aliphatic hydroxyl groups is 3. The minimum absolute atomic E-state index is 0.113. The molecule has 1 aliphatic rings. The Morgan fingerprint density at radius 1 is 1.45 bits per heavy atom. The highest BCUT2D eigenvalue weighted by molar-refractivity contribution is 5.73. The third-order valence-corrected chi connectivity index (χ3v) is 1.73. The third kappa shape index (κ3) is 1.65. The Hall–Kier alpha value is -0.710. The zero-order chi connectivity index (χ0) is 8.43. The predicted octanol–water partition coefficient (Wildman–Crippen LogP) is -1.40. The summed E-state index contributed by atoms with van der Waals surface area (Å²) in [5.74, 6) is 0. The van der Waals surface area contributed by atoms with Crippen LogP contribution in [0.5, 0.6) is 0 Å². The zero-order valence-electron chi connectivity index (χ0n) is 5.84. The summed E-state index contributed by atoms with van der Waals surface area (Å²) in [5.41, 5.74) is 0.329. The van der Waals surface area contributed by atoms with Crippen molar-refractivity contribution < 1.29 is 20.1 Å². The maximum absolute atomic E-state index is 10.2. The number of aldehydes is 1. The number of rotatable bonds is 1. The first-order chi connectivity index (χ1) is 5.15. The largest absolute Gasteiger partial charge is 0.390 e. The molecule has 0 aromatic rings. The fraction of sp³-hybridized carbons (Fsp3) is 0.571. The van der Waals surface area contributed by atoms with E-state index in [0.29, 0.717) is 11.9 Å². The molecule has 4 nitrogen and oxygen atoms in total. The van der Waals surface area contributed by atoms with Crippen LogP contribution in [0, 0.1) is 0 Å². The van der Waals surface area contributed by atoms with Gasteiger partial charge in [0.1, 0.15) is 18.5 Å². The van der Waals surface area contributed by atoms with Crippen molar-refractivity contribution in [3.05, 3.63) is 11.6 Å². The summed E-state index contributed by atoms with van der Waals surface area (Å²) < 4.78 is 0. The van der Waals surface area contributed by atoms with Crippen molar-refractivity contribution in [3.8, 4) is 0 Å². The van der Waals surface area contributed by atoms with Gasteiger partial charge in [-0.2, -0.15) is 0 Å². The molecule has 1 aliphatic carbocycles. The predicted molar refractivity (Wildman–Crippen MR) is 36.8 cm³/mol. The van der Waals surface area contributed by atoms with E-state index in [1.807, 2.05) is 0 Å². The monoisotopic (exact) mass is 158 g/mol. The number of hydrogen-bond acceptors (Lipinski definition) is 4. The fourth-order valence-electron chi connectivity index (χ4n) is 1.06. The van der Waals surface area contributed by atoms with Crippen LogP contribution in [0.25, 0.3) is 0 Å². The van der Waals surface area contributed by atoms with Crippen molar-refractivity contribution in [1.82, 2.24) is 0 Å². The average molecular weight is 158 g/mol. The Morgan fingerprint density at radius 3 is 2.55 bits per heavy atom. The van der Waals surface area contributed by atoms with Crippen LogP contribution in [0.3, 0.4) is 0 Å². The van der Waals surface area contributed by atoms with Gasteiger partial charge < -0.3 is 15.3 Å². The minimum Gasteiger partial charge on any atom is -0.390 e. The second-order valence-electron chi connectivity index (χ2n) is 2.61. The summed E-state index contributed by atoms with van der Waals surface area (Å²) in [6.45, 7) is 0. The van der Waals surface area contributed by atoms with Gasteiger partial charge in [0.25, 0.3) is 0 Å². The molecule has 3 atom stereocenters. The van der Waals surface area contributed by atoms with E-state index in [1.54, 1.807) is 0 Å².